The lowest BCUT2D eigenvalue weighted by molar-refractivity contribution is 0.212. The lowest BCUT2D eigenvalue weighted by Crippen LogP contribution is -2.28. The lowest BCUT2D eigenvalue weighted by Gasteiger charge is -2.32. The van der Waals surface area contributed by atoms with E-state index in [0.717, 1.165) is 31.4 Å². The van der Waals surface area contributed by atoms with Gasteiger partial charge in [-0.2, -0.15) is 0 Å². The SMILES string of the molecule is CCCC(Nc1cc(Cl)c(C)c(Cl)c1O)Oc1ccc(C(C)(C)CC)cc1C(C)(C)CC. The predicted molar refractivity (Wildman–Crippen MR) is 139 cm³/mol. The van der Waals surface area contributed by atoms with Gasteiger partial charge in [0.25, 0.3) is 0 Å². The molecule has 0 spiro atoms. The van der Waals surface area contributed by atoms with Gasteiger partial charge in [-0.25, -0.2) is 0 Å². The third kappa shape index (κ3) is 5.85. The van der Waals surface area contributed by atoms with Gasteiger partial charge >= 0.3 is 0 Å². The fourth-order valence-electron chi connectivity index (χ4n) is 3.54. The maximum atomic E-state index is 10.6. The first kappa shape index (κ1) is 26.7. The molecule has 0 radical (unpaired) electrons. The third-order valence-electron chi connectivity index (χ3n) is 6.82. The normalized spacial score (nSPS) is 13.2. The van der Waals surface area contributed by atoms with Crippen LogP contribution in [0.3, 0.4) is 0 Å². The number of halogens is 2. The first-order valence-corrected chi connectivity index (χ1v) is 12.4. The van der Waals surface area contributed by atoms with Crippen molar-refractivity contribution in [1.29, 1.82) is 0 Å². The molecule has 0 aliphatic carbocycles. The zero-order valence-electron chi connectivity index (χ0n) is 20.8. The van der Waals surface area contributed by atoms with Crippen LogP contribution in [0.4, 0.5) is 5.69 Å². The fourth-order valence-corrected chi connectivity index (χ4v) is 4.00. The van der Waals surface area contributed by atoms with E-state index in [9.17, 15) is 5.11 Å². The first-order valence-electron chi connectivity index (χ1n) is 11.6. The number of aromatic hydroxyl groups is 1. The Morgan fingerprint density at radius 2 is 1.62 bits per heavy atom. The van der Waals surface area contributed by atoms with Crippen LogP contribution in [0.1, 0.15) is 90.8 Å². The van der Waals surface area contributed by atoms with E-state index in [1.54, 1.807) is 13.0 Å². The number of phenols is 1. The van der Waals surface area contributed by atoms with Crippen molar-refractivity contribution >= 4 is 28.9 Å². The van der Waals surface area contributed by atoms with Gasteiger partial charge in [0, 0.05) is 17.0 Å². The lowest BCUT2D eigenvalue weighted by atomic mass is 9.76. The molecule has 0 aliphatic heterocycles. The monoisotopic (exact) mass is 479 g/mol. The van der Waals surface area contributed by atoms with E-state index in [2.05, 4.69) is 72.0 Å². The van der Waals surface area contributed by atoms with Crippen molar-refractivity contribution in [3.8, 4) is 11.5 Å². The van der Waals surface area contributed by atoms with Gasteiger partial charge in [0.1, 0.15) is 5.75 Å². The summed E-state index contributed by atoms with van der Waals surface area (Å²) >= 11 is 12.6. The molecule has 2 rings (SSSR count). The molecule has 0 heterocycles. The molecule has 3 nitrogen and oxygen atoms in total. The Morgan fingerprint density at radius 1 is 1.00 bits per heavy atom. The minimum Gasteiger partial charge on any atom is -0.504 e. The second-order valence-electron chi connectivity index (χ2n) is 9.92. The van der Waals surface area contributed by atoms with Crippen LogP contribution in [0.5, 0.6) is 11.5 Å². The Balaban J connectivity index is 2.47. The van der Waals surface area contributed by atoms with Crippen LogP contribution in [0.15, 0.2) is 24.3 Å². The second kappa shape index (κ2) is 10.6. The molecule has 2 N–H and O–H groups in total. The maximum absolute atomic E-state index is 10.6. The van der Waals surface area contributed by atoms with Gasteiger partial charge in [-0.05, 0) is 53.9 Å². The molecular weight excluding hydrogens is 441 g/mol. The number of nitrogens with one attached hydrogen (secondary N) is 1. The molecule has 178 valence electrons. The predicted octanol–water partition coefficient (Wildman–Crippen LogP) is 9.00. The molecule has 0 fully saturated rings. The number of ether oxygens (including phenoxy) is 1. The van der Waals surface area contributed by atoms with E-state index >= 15 is 0 Å². The highest BCUT2D eigenvalue weighted by molar-refractivity contribution is 6.37. The van der Waals surface area contributed by atoms with Gasteiger partial charge in [0.05, 0.1) is 10.7 Å². The number of anilines is 1. The number of hydrogen-bond donors (Lipinski definition) is 2. The zero-order chi connectivity index (χ0) is 24.3. The molecule has 0 saturated carbocycles. The number of benzene rings is 2. The minimum absolute atomic E-state index is 0.00701. The summed E-state index contributed by atoms with van der Waals surface area (Å²) in [5.74, 6) is 0.856. The Kier molecular flexibility index (Phi) is 8.81. The highest BCUT2D eigenvalue weighted by Crippen LogP contribution is 2.41. The van der Waals surface area contributed by atoms with Crippen LogP contribution < -0.4 is 10.1 Å². The summed E-state index contributed by atoms with van der Waals surface area (Å²) in [6.07, 6.45) is 3.40. The average Bonchev–Trinajstić information content (AvgIpc) is 2.76. The molecule has 0 saturated heterocycles. The fraction of sp³-hybridized carbons (Fsp3) is 0.556. The molecular formula is C27H39Cl2NO2. The highest BCUT2D eigenvalue weighted by atomic mass is 35.5. The van der Waals surface area contributed by atoms with E-state index in [0.29, 0.717) is 16.3 Å². The van der Waals surface area contributed by atoms with E-state index in [1.807, 2.05) is 0 Å². The van der Waals surface area contributed by atoms with Crippen molar-refractivity contribution < 1.29 is 9.84 Å². The minimum atomic E-state index is -0.336. The number of rotatable bonds is 10. The summed E-state index contributed by atoms with van der Waals surface area (Å²) in [6.45, 7) is 17.4. The topological polar surface area (TPSA) is 41.5 Å². The average molecular weight is 481 g/mol. The van der Waals surface area contributed by atoms with Crippen LogP contribution >= 0.6 is 23.2 Å². The molecule has 0 bridgehead atoms. The number of hydrogen-bond acceptors (Lipinski definition) is 3. The Hall–Kier alpha value is -1.58. The summed E-state index contributed by atoms with van der Waals surface area (Å²) in [5.41, 5.74) is 3.71. The van der Waals surface area contributed by atoms with Crippen LogP contribution in [0.2, 0.25) is 10.0 Å². The molecule has 1 atom stereocenters. The molecule has 32 heavy (non-hydrogen) atoms. The van der Waals surface area contributed by atoms with Crippen LogP contribution in [0.25, 0.3) is 0 Å². The van der Waals surface area contributed by atoms with E-state index in [4.69, 9.17) is 27.9 Å². The zero-order valence-corrected chi connectivity index (χ0v) is 22.3. The van der Waals surface area contributed by atoms with Crippen molar-refractivity contribution in [1.82, 2.24) is 0 Å². The molecule has 5 heteroatoms. The summed E-state index contributed by atoms with van der Waals surface area (Å²) in [4.78, 5) is 0. The standard InChI is InChI=1S/C27H39Cl2NO2/c1-9-12-23(30-21-16-20(28)17(4)24(29)25(21)31)32-22-14-13-18(26(5,6)10-2)15-19(22)27(7,8)11-3/h13-16,23,30-31H,9-12H2,1-8H3. The summed E-state index contributed by atoms with van der Waals surface area (Å²) in [5, 5.41) is 14.6. The highest BCUT2D eigenvalue weighted by Gasteiger charge is 2.28. The van der Waals surface area contributed by atoms with Gasteiger partial charge in [0.15, 0.2) is 12.0 Å². The molecule has 0 aromatic heterocycles. The summed E-state index contributed by atoms with van der Waals surface area (Å²) in [7, 11) is 0. The third-order valence-corrected chi connectivity index (χ3v) is 7.67. The summed E-state index contributed by atoms with van der Waals surface area (Å²) < 4.78 is 6.54. The van der Waals surface area contributed by atoms with Crippen molar-refractivity contribution in [2.24, 2.45) is 0 Å². The molecule has 0 amide bonds. The van der Waals surface area contributed by atoms with Crippen LogP contribution in [0, 0.1) is 6.92 Å². The van der Waals surface area contributed by atoms with Crippen molar-refractivity contribution in [2.75, 3.05) is 5.32 Å². The van der Waals surface area contributed by atoms with Gasteiger partial charge in [-0.3, -0.25) is 0 Å². The van der Waals surface area contributed by atoms with Gasteiger partial charge in [-0.15, -0.1) is 0 Å². The summed E-state index contributed by atoms with van der Waals surface area (Å²) in [6, 6.07) is 8.28. The molecule has 2 aromatic carbocycles. The second-order valence-corrected chi connectivity index (χ2v) is 10.7. The van der Waals surface area contributed by atoms with E-state index in [-0.39, 0.29) is 27.8 Å². The van der Waals surface area contributed by atoms with E-state index < -0.39 is 0 Å². The number of phenolic OH excluding ortho intramolecular Hbond substituents is 1. The van der Waals surface area contributed by atoms with Crippen molar-refractivity contribution in [3.63, 3.8) is 0 Å². The molecule has 2 aromatic rings. The van der Waals surface area contributed by atoms with Gasteiger partial charge < -0.3 is 15.2 Å². The van der Waals surface area contributed by atoms with Crippen LogP contribution in [-0.4, -0.2) is 11.3 Å². The van der Waals surface area contributed by atoms with Gasteiger partial charge in [-0.1, -0.05) is 90.2 Å². The van der Waals surface area contributed by atoms with Gasteiger partial charge in [0.2, 0.25) is 0 Å². The van der Waals surface area contributed by atoms with Crippen LogP contribution in [-0.2, 0) is 10.8 Å². The van der Waals surface area contributed by atoms with E-state index in [1.165, 1.54) is 11.1 Å². The maximum Gasteiger partial charge on any atom is 0.170 e. The smallest absolute Gasteiger partial charge is 0.170 e. The largest absolute Gasteiger partial charge is 0.504 e. The first-order chi connectivity index (χ1) is 14.9. The Bertz CT molecular complexity index is 938. The Morgan fingerprint density at radius 3 is 2.19 bits per heavy atom. The van der Waals surface area contributed by atoms with Crippen molar-refractivity contribution in [3.05, 3.63) is 51.0 Å². The molecule has 0 aliphatic rings. The Labute approximate surface area is 204 Å². The van der Waals surface area contributed by atoms with Crippen molar-refractivity contribution in [2.45, 2.75) is 98.1 Å². The quantitative estimate of drug-likeness (QED) is 0.263. The molecule has 1 unspecified atom stereocenters.